The topological polar surface area (TPSA) is 49.4 Å². The van der Waals surface area contributed by atoms with E-state index in [1.807, 2.05) is 13.8 Å². The van der Waals surface area contributed by atoms with Gasteiger partial charge in [-0.1, -0.05) is 17.7 Å². The Balaban J connectivity index is 2.89. The van der Waals surface area contributed by atoms with Gasteiger partial charge in [0.2, 0.25) is 5.91 Å². The second kappa shape index (κ2) is 7.50. The minimum atomic E-state index is -0.250. The van der Waals surface area contributed by atoms with Gasteiger partial charge in [0.15, 0.2) is 0 Å². The molecule has 0 aromatic heterocycles. The summed E-state index contributed by atoms with van der Waals surface area (Å²) >= 11 is 9.37. The Morgan fingerprint density at radius 3 is 2.63 bits per heavy atom. The normalized spacial score (nSPS) is 10.1. The molecule has 1 aromatic carbocycles. The zero-order valence-electron chi connectivity index (χ0n) is 10.9. The Morgan fingerprint density at radius 1 is 1.37 bits per heavy atom. The van der Waals surface area contributed by atoms with Crippen molar-refractivity contribution in [3.63, 3.8) is 0 Å². The SMILES string of the molecule is CCNC(=O)CN(CC)C(=O)c1cccc(Br)c1Cl. The van der Waals surface area contributed by atoms with Crippen LogP contribution in [0.3, 0.4) is 0 Å². The number of carbonyl (C=O) groups is 2. The second-order valence-corrected chi connectivity index (χ2v) is 5.11. The molecule has 1 aromatic rings. The van der Waals surface area contributed by atoms with Crippen molar-refractivity contribution in [1.29, 1.82) is 0 Å². The Labute approximate surface area is 126 Å². The molecule has 0 aliphatic heterocycles. The summed E-state index contributed by atoms with van der Waals surface area (Å²) in [6.45, 7) is 4.68. The van der Waals surface area contributed by atoms with Gasteiger partial charge in [-0.05, 0) is 41.9 Å². The second-order valence-electron chi connectivity index (χ2n) is 3.87. The van der Waals surface area contributed by atoms with Gasteiger partial charge in [0.1, 0.15) is 0 Å². The maximum atomic E-state index is 12.3. The van der Waals surface area contributed by atoms with Gasteiger partial charge in [0, 0.05) is 17.6 Å². The zero-order chi connectivity index (χ0) is 14.4. The van der Waals surface area contributed by atoms with Gasteiger partial charge in [0.05, 0.1) is 17.1 Å². The van der Waals surface area contributed by atoms with Crippen LogP contribution >= 0.6 is 27.5 Å². The fourth-order valence-corrected chi connectivity index (χ4v) is 2.17. The van der Waals surface area contributed by atoms with Gasteiger partial charge in [0.25, 0.3) is 5.91 Å². The van der Waals surface area contributed by atoms with Crippen LogP contribution in [-0.4, -0.2) is 36.3 Å². The maximum absolute atomic E-state index is 12.3. The van der Waals surface area contributed by atoms with Crippen molar-refractivity contribution < 1.29 is 9.59 Å². The van der Waals surface area contributed by atoms with Crippen LogP contribution in [-0.2, 0) is 4.79 Å². The standard InChI is InChI=1S/C13H16BrClN2O2/c1-3-16-11(18)8-17(4-2)13(19)9-6-5-7-10(14)12(9)15/h5-7H,3-4,8H2,1-2H3,(H,16,18). The molecule has 0 fully saturated rings. The quantitative estimate of drug-likeness (QED) is 0.890. The molecule has 6 heteroatoms. The highest BCUT2D eigenvalue weighted by atomic mass is 79.9. The fourth-order valence-electron chi connectivity index (χ4n) is 1.59. The number of carbonyl (C=O) groups excluding carboxylic acids is 2. The third-order valence-electron chi connectivity index (χ3n) is 2.56. The summed E-state index contributed by atoms with van der Waals surface area (Å²) in [5.74, 6) is -0.427. The summed E-state index contributed by atoms with van der Waals surface area (Å²) in [6, 6.07) is 5.15. The molecule has 0 aliphatic rings. The number of halogens is 2. The van der Waals surface area contributed by atoms with Crippen LogP contribution in [0.1, 0.15) is 24.2 Å². The lowest BCUT2D eigenvalue weighted by atomic mass is 10.2. The molecule has 1 N–H and O–H groups in total. The average Bonchev–Trinajstić information content (AvgIpc) is 2.39. The summed E-state index contributed by atoms with van der Waals surface area (Å²) in [7, 11) is 0. The number of amides is 2. The van der Waals surface area contributed by atoms with E-state index in [1.165, 1.54) is 4.90 Å². The molecule has 0 atom stereocenters. The summed E-state index contributed by atoms with van der Waals surface area (Å²) in [5, 5.41) is 3.03. The smallest absolute Gasteiger partial charge is 0.255 e. The molecule has 0 bridgehead atoms. The van der Waals surface area contributed by atoms with Crippen molar-refractivity contribution in [2.75, 3.05) is 19.6 Å². The highest BCUT2D eigenvalue weighted by Crippen LogP contribution is 2.26. The van der Waals surface area contributed by atoms with Gasteiger partial charge in [-0.2, -0.15) is 0 Å². The molecule has 0 aliphatic carbocycles. The molecule has 104 valence electrons. The van der Waals surface area contributed by atoms with E-state index >= 15 is 0 Å². The van der Waals surface area contributed by atoms with Crippen molar-refractivity contribution in [3.05, 3.63) is 33.3 Å². The highest BCUT2D eigenvalue weighted by Gasteiger charge is 2.20. The molecule has 0 spiro atoms. The average molecular weight is 348 g/mol. The first-order valence-corrected chi connectivity index (χ1v) is 7.18. The summed E-state index contributed by atoms with van der Waals surface area (Å²) < 4.78 is 0.661. The predicted molar refractivity (Wildman–Crippen MR) is 79.4 cm³/mol. The van der Waals surface area contributed by atoms with Crippen molar-refractivity contribution in [2.24, 2.45) is 0 Å². The molecule has 0 saturated carbocycles. The number of rotatable bonds is 5. The van der Waals surface area contributed by atoms with E-state index in [9.17, 15) is 9.59 Å². The predicted octanol–water partition coefficient (Wildman–Crippen LogP) is 2.70. The molecule has 2 amide bonds. The molecule has 19 heavy (non-hydrogen) atoms. The van der Waals surface area contributed by atoms with E-state index in [0.717, 1.165) is 0 Å². The van der Waals surface area contributed by atoms with E-state index in [-0.39, 0.29) is 18.4 Å². The summed E-state index contributed by atoms with van der Waals surface area (Å²) in [4.78, 5) is 25.3. The Hall–Kier alpha value is -1.07. The molecular weight excluding hydrogens is 332 g/mol. The van der Waals surface area contributed by atoms with E-state index < -0.39 is 0 Å². The van der Waals surface area contributed by atoms with E-state index in [0.29, 0.717) is 28.1 Å². The van der Waals surface area contributed by atoms with Crippen LogP contribution in [0.5, 0.6) is 0 Å². The Kier molecular flexibility index (Phi) is 6.31. The minimum Gasteiger partial charge on any atom is -0.355 e. The van der Waals surface area contributed by atoms with Gasteiger partial charge in [-0.3, -0.25) is 9.59 Å². The number of likely N-dealkylation sites (N-methyl/N-ethyl adjacent to an activating group) is 2. The monoisotopic (exact) mass is 346 g/mol. The van der Waals surface area contributed by atoms with E-state index in [2.05, 4.69) is 21.2 Å². The minimum absolute atomic E-state index is 0.0337. The van der Waals surface area contributed by atoms with Crippen LogP contribution in [0.4, 0.5) is 0 Å². The van der Waals surface area contributed by atoms with Gasteiger partial charge < -0.3 is 10.2 Å². The molecule has 0 saturated heterocycles. The van der Waals surface area contributed by atoms with Crippen molar-refractivity contribution in [3.8, 4) is 0 Å². The number of benzene rings is 1. The van der Waals surface area contributed by atoms with Gasteiger partial charge in [-0.15, -0.1) is 0 Å². The zero-order valence-corrected chi connectivity index (χ0v) is 13.2. The first kappa shape index (κ1) is 16.0. The van der Waals surface area contributed by atoms with E-state index in [4.69, 9.17) is 11.6 Å². The number of hydrogen-bond acceptors (Lipinski definition) is 2. The first-order chi connectivity index (χ1) is 9.01. The van der Waals surface area contributed by atoms with E-state index in [1.54, 1.807) is 18.2 Å². The lowest BCUT2D eigenvalue weighted by Crippen LogP contribution is -2.40. The molecule has 1 rings (SSSR count). The Morgan fingerprint density at radius 2 is 2.05 bits per heavy atom. The lowest BCUT2D eigenvalue weighted by Gasteiger charge is -2.21. The Bertz CT molecular complexity index is 480. The largest absolute Gasteiger partial charge is 0.355 e. The van der Waals surface area contributed by atoms with Crippen LogP contribution < -0.4 is 5.32 Å². The lowest BCUT2D eigenvalue weighted by molar-refractivity contribution is -0.121. The number of hydrogen-bond donors (Lipinski definition) is 1. The molecular formula is C13H16BrClN2O2. The number of nitrogens with one attached hydrogen (secondary N) is 1. The van der Waals surface area contributed by atoms with Crippen LogP contribution in [0.25, 0.3) is 0 Å². The van der Waals surface area contributed by atoms with Crippen LogP contribution in [0, 0.1) is 0 Å². The summed E-state index contributed by atoms with van der Waals surface area (Å²) in [6.07, 6.45) is 0. The first-order valence-electron chi connectivity index (χ1n) is 6.01. The van der Waals surface area contributed by atoms with Crippen LogP contribution in [0.15, 0.2) is 22.7 Å². The molecule has 0 heterocycles. The molecule has 0 unspecified atom stereocenters. The van der Waals surface area contributed by atoms with Crippen molar-refractivity contribution in [2.45, 2.75) is 13.8 Å². The van der Waals surface area contributed by atoms with Gasteiger partial charge in [-0.25, -0.2) is 0 Å². The van der Waals surface area contributed by atoms with Crippen molar-refractivity contribution in [1.82, 2.24) is 10.2 Å². The third kappa shape index (κ3) is 4.21. The number of nitrogens with zero attached hydrogens (tertiary/aromatic N) is 1. The maximum Gasteiger partial charge on any atom is 0.255 e. The van der Waals surface area contributed by atoms with Gasteiger partial charge >= 0.3 is 0 Å². The van der Waals surface area contributed by atoms with Crippen molar-refractivity contribution >= 4 is 39.3 Å². The fraction of sp³-hybridized carbons (Fsp3) is 0.385. The third-order valence-corrected chi connectivity index (χ3v) is 3.86. The molecule has 4 nitrogen and oxygen atoms in total. The summed E-state index contributed by atoms with van der Waals surface area (Å²) in [5.41, 5.74) is 0.391. The molecule has 0 radical (unpaired) electrons. The van der Waals surface area contributed by atoms with Crippen LogP contribution in [0.2, 0.25) is 5.02 Å². The highest BCUT2D eigenvalue weighted by molar-refractivity contribution is 9.10.